The van der Waals surface area contributed by atoms with E-state index in [0.717, 1.165) is 11.1 Å². The molecule has 0 spiro atoms. The number of rotatable bonds is 9. The van der Waals surface area contributed by atoms with Crippen molar-refractivity contribution in [2.45, 2.75) is 0 Å². The summed E-state index contributed by atoms with van der Waals surface area (Å²) in [5, 5.41) is 5.75. The first-order chi connectivity index (χ1) is 17.1. The molecule has 0 fully saturated rings. The average molecular weight is 487 g/mol. The van der Waals surface area contributed by atoms with E-state index >= 15 is 0 Å². The van der Waals surface area contributed by atoms with Gasteiger partial charge in [-0.15, -0.1) is 11.3 Å². The summed E-state index contributed by atoms with van der Waals surface area (Å²) in [5.74, 6) is 0.385. The maximum Gasteiger partial charge on any atom is 0.353 e. The molecule has 1 N–H and O–H groups in total. The number of nitrogens with one attached hydrogen (secondary N) is 1. The molecule has 4 aromatic rings. The molecule has 3 aromatic carbocycles. The zero-order chi connectivity index (χ0) is 24.5. The fourth-order valence-corrected chi connectivity index (χ4v) is 3.73. The Morgan fingerprint density at radius 1 is 0.914 bits per heavy atom. The molecule has 0 aliphatic rings. The van der Waals surface area contributed by atoms with Gasteiger partial charge in [0.25, 0.3) is 5.91 Å². The first-order valence-corrected chi connectivity index (χ1v) is 11.5. The van der Waals surface area contributed by atoms with Crippen LogP contribution in [0.3, 0.4) is 0 Å². The summed E-state index contributed by atoms with van der Waals surface area (Å²) in [4.78, 5) is 24.7. The number of hydrogen-bond acceptors (Lipinski definition) is 7. The van der Waals surface area contributed by atoms with E-state index in [1.54, 1.807) is 35.7 Å². The molecule has 176 valence electrons. The van der Waals surface area contributed by atoms with Gasteiger partial charge in [0.1, 0.15) is 10.6 Å². The number of nitrogens with zero attached hydrogens (tertiary/aromatic N) is 1. The summed E-state index contributed by atoms with van der Waals surface area (Å²) in [6.07, 6.45) is 1.46. The Kier molecular flexibility index (Phi) is 7.88. The zero-order valence-electron chi connectivity index (χ0n) is 18.8. The fourth-order valence-electron chi connectivity index (χ4n) is 3.13. The van der Waals surface area contributed by atoms with Crippen molar-refractivity contribution in [3.05, 3.63) is 101 Å². The molecular weight excluding hydrogens is 464 g/mol. The molecule has 0 radical (unpaired) electrons. The maximum absolute atomic E-state index is 12.2. The van der Waals surface area contributed by atoms with Gasteiger partial charge in [-0.3, -0.25) is 4.79 Å². The van der Waals surface area contributed by atoms with Crippen molar-refractivity contribution in [1.29, 1.82) is 0 Å². The molecule has 0 aliphatic heterocycles. The smallest absolute Gasteiger partial charge is 0.353 e. The van der Waals surface area contributed by atoms with Crippen molar-refractivity contribution in [1.82, 2.24) is 5.43 Å². The van der Waals surface area contributed by atoms with Crippen LogP contribution in [-0.4, -0.2) is 31.8 Å². The highest BCUT2D eigenvalue weighted by Gasteiger charge is 2.13. The van der Waals surface area contributed by atoms with Gasteiger partial charge in [0, 0.05) is 0 Å². The van der Waals surface area contributed by atoms with Gasteiger partial charge in [0.2, 0.25) is 0 Å². The SMILES string of the molecule is COc1cc(/C=N/NC(=O)COc2ccc(-c3ccccc3)cc2)ccc1OC(=O)c1cccs1. The fraction of sp³-hybridized carbons (Fsp3) is 0.0741. The molecule has 7 nitrogen and oxygen atoms in total. The van der Waals surface area contributed by atoms with Gasteiger partial charge in [0.15, 0.2) is 18.1 Å². The first-order valence-electron chi connectivity index (χ1n) is 10.7. The van der Waals surface area contributed by atoms with Crippen LogP contribution in [0.2, 0.25) is 0 Å². The third kappa shape index (κ3) is 6.55. The summed E-state index contributed by atoms with van der Waals surface area (Å²) in [7, 11) is 1.48. The molecule has 1 aromatic heterocycles. The summed E-state index contributed by atoms with van der Waals surface area (Å²) >= 11 is 1.30. The summed E-state index contributed by atoms with van der Waals surface area (Å²) in [6.45, 7) is -0.178. The van der Waals surface area contributed by atoms with Crippen molar-refractivity contribution < 1.29 is 23.8 Å². The minimum absolute atomic E-state index is 0.178. The lowest BCUT2D eigenvalue weighted by molar-refractivity contribution is -0.123. The van der Waals surface area contributed by atoms with Crippen LogP contribution in [0.4, 0.5) is 0 Å². The van der Waals surface area contributed by atoms with E-state index in [1.807, 2.05) is 54.6 Å². The van der Waals surface area contributed by atoms with E-state index in [-0.39, 0.29) is 6.61 Å². The maximum atomic E-state index is 12.2. The number of amides is 1. The predicted octanol–water partition coefficient (Wildman–Crippen LogP) is 5.17. The quantitative estimate of drug-likeness (QED) is 0.153. The molecule has 0 bridgehead atoms. The topological polar surface area (TPSA) is 86.2 Å². The highest BCUT2D eigenvalue weighted by atomic mass is 32.1. The first kappa shape index (κ1) is 23.7. The van der Waals surface area contributed by atoms with Crippen LogP contribution in [0.1, 0.15) is 15.2 Å². The van der Waals surface area contributed by atoms with Gasteiger partial charge < -0.3 is 14.2 Å². The lowest BCUT2D eigenvalue weighted by Gasteiger charge is -2.09. The molecule has 1 amide bonds. The highest BCUT2D eigenvalue weighted by molar-refractivity contribution is 7.12. The summed E-state index contributed by atoms with van der Waals surface area (Å²) < 4.78 is 16.2. The zero-order valence-corrected chi connectivity index (χ0v) is 19.7. The Labute approximate surface area is 206 Å². The van der Waals surface area contributed by atoms with Crippen molar-refractivity contribution in [3.63, 3.8) is 0 Å². The summed E-state index contributed by atoms with van der Waals surface area (Å²) in [6, 6.07) is 25.9. The van der Waals surface area contributed by atoms with Crippen molar-refractivity contribution in [2.75, 3.05) is 13.7 Å². The van der Waals surface area contributed by atoms with Crippen LogP contribution >= 0.6 is 11.3 Å². The van der Waals surface area contributed by atoms with Gasteiger partial charge in [0.05, 0.1) is 13.3 Å². The standard InChI is InChI=1S/C27H22N2O5S/c1-32-24-16-19(9-14-23(24)34-27(31)25-8-5-15-35-25)17-28-29-26(30)18-33-22-12-10-21(11-13-22)20-6-3-2-4-7-20/h2-17H,18H2,1H3,(H,29,30)/b28-17+. The lowest BCUT2D eigenvalue weighted by atomic mass is 10.1. The third-order valence-corrected chi connectivity index (χ3v) is 5.70. The Hall–Kier alpha value is -4.43. The number of methoxy groups -OCH3 is 1. The Balaban J connectivity index is 1.27. The monoisotopic (exact) mass is 486 g/mol. The number of hydrazone groups is 1. The molecule has 1 heterocycles. The van der Waals surface area contributed by atoms with E-state index in [4.69, 9.17) is 14.2 Å². The lowest BCUT2D eigenvalue weighted by Crippen LogP contribution is -2.24. The van der Waals surface area contributed by atoms with E-state index < -0.39 is 11.9 Å². The minimum atomic E-state index is -0.457. The molecule has 8 heteroatoms. The van der Waals surface area contributed by atoms with E-state index in [2.05, 4.69) is 10.5 Å². The number of thiophene rings is 1. The van der Waals surface area contributed by atoms with Crippen molar-refractivity contribution in [2.24, 2.45) is 5.10 Å². The highest BCUT2D eigenvalue weighted by Crippen LogP contribution is 2.29. The minimum Gasteiger partial charge on any atom is -0.493 e. The summed E-state index contributed by atoms with van der Waals surface area (Å²) in [5.41, 5.74) is 5.24. The van der Waals surface area contributed by atoms with E-state index in [1.165, 1.54) is 24.7 Å². The second kappa shape index (κ2) is 11.6. The number of carbonyl (C=O) groups is 2. The van der Waals surface area contributed by atoms with Crippen LogP contribution < -0.4 is 19.6 Å². The number of hydrogen-bond donors (Lipinski definition) is 1. The van der Waals surface area contributed by atoms with Crippen molar-refractivity contribution >= 4 is 29.4 Å². The van der Waals surface area contributed by atoms with Gasteiger partial charge >= 0.3 is 5.97 Å². The molecule has 35 heavy (non-hydrogen) atoms. The molecule has 0 saturated carbocycles. The van der Waals surface area contributed by atoms with Gasteiger partial charge in [-0.2, -0.15) is 5.10 Å². The van der Waals surface area contributed by atoms with E-state index in [9.17, 15) is 9.59 Å². The van der Waals surface area contributed by atoms with Gasteiger partial charge in [-0.1, -0.05) is 48.5 Å². The van der Waals surface area contributed by atoms with Gasteiger partial charge in [-0.25, -0.2) is 10.2 Å². The second-order valence-electron chi connectivity index (χ2n) is 7.25. The largest absolute Gasteiger partial charge is 0.493 e. The van der Waals surface area contributed by atoms with Gasteiger partial charge in [-0.05, 0) is 58.5 Å². The van der Waals surface area contributed by atoms with Crippen LogP contribution in [-0.2, 0) is 4.79 Å². The molecule has 0 atom stereocenters. The van der Waals surface area contributed by atoms with Crippen LogP contribution in [0, 0.1) is 0 Å². The Bertz CT molecular complexity index is 1300. The Morgan fingerprint density at radius 3 is 2.40 bits per heavy atom. The van der Waals surface area contributed by atoms with Crippen molar-refractivity contribution in [3.8, 4) is 28.4 Å². The Morgan fingerprint density at radius 2 is 1.69 bits per heavy atom. The van der Waals surface area contributed by atoms with E-state index in [0.29, 0.717) is 27.7 Å². The molecule has 0 aliphatic carbocycles. The molecular formula is C27H22N2O5S. The molecule has 0 unspecified atom stereocenters. The number of benzene rings is 3. The number of carbonyl (C=O) groups excluding carboxylic acids is 2. The van der Waals surface area contributed by atoms with Crippen LogP contribution in [0.15, 0.2) is 95.4 Å². The van der Waals surface area contributed by atoms with Crippen LogP contribution in [0.5, 0.6) is 17.2 Å². The molecule has 0 saturated heterocycles. The third-order valence-electron chi connectivity index (χ3n) is 4.85. The second-order valence-corrected chi connectivity index (χ2v) is 8.20. The normalized spacial score (nSPS) is 10.7. The number of ether oxygens (including phenoxy) is 3. The predicted molar refractivity (Wildman–Crippen MR) is 135 cm³/mol. The van der Waals surface area contributed by atoms with Crippen LogP contribution in [0.25, 0.3) is 11.1 Å². The molecule has 4 rings (SSSR count). The average Bonchev–Trinajstić information content (AvgIpc) is 3.44. The number of esters is 1.